The molecule has 0 bridgehead atoms. The normalized spacial score (nSPS) is 14.3. The maximum absolute atomic E-state index is 12.6. The first-order chi connectivity index (χ1) is 13.4. The number of aryl methyl sites for hydroxylation is 1. The summed E-state index contributed by atoms with van der Waals surface area (Å²) in [6.45, 7) is 9.53. The van der Waals surface area contributed by atoms with Gasteiger partial charge in [-0.3, -0.25) is 4.79 Å². The molecule has 1 fully saturated rings. The first kappa shape index (κ1) is 21.1. The molecule has 5 nitrogen and oxygen atoms in total. The van der Waals surface area contributed by atoms with Gasteiger partial charge in [0.25, 0.3) is 0 Å². The van der Waals surface area contributed by atoms with E-state index in [1.165, 1.54) is 0 Å². The van der Waals surface area contributed by atoms with Gasteiger partial charge in [-0.2, -0.15) is 0 Å². The Bertz CT molecular complexity index is 850. The molecule has 1 aliphatic heterocycles. The Morgan fingerprint density at radius 3 is 2.57 bits per heavy atom. The number of rotatable bonds is 7. The average molecular weight is 423 g/mol. The van der Waals surface area contributed by atoms with Crippen LogP contribution < -0.4 is 4.90 Å². The Morgan fingerprint density at radius 2 is 1.93 bits per heavy atom. The minimum absolute atomic E-state index is 0.219. The Balaban J connectivity index is 1.96. The molecule has 1 aliphatic rings. The number of halogens is 2. The van der Waals surface area contributed by atoms with Gasteiger partial charge in [0.1, 0.15) is 11.6 Å². The number of carbonyl (C=O) groups is 1. The van der Waals surface area contributed by atoms with Crippen LogP contribution in [0.4, 0.5) is 5.82 Å². The average Bonchev–Trinajstić information content (AvgIpc) is 3.19. The van der Waals surface area contributed by atoms with E-state index in [1.54, 1.807) is 6.07 Å². The summed E-state index contributed by atoms with van der Waals surface area (Å²) >= 11 is 12.7. The summed E-state index contributed by atoms with van der Waals surface area (Å²) in [6.07, 6.45) is 3.40. The van der Waals surface area contributed by atoms with Crippen molar-refractivity contribution in [2.45, 2.75) is 46.5 Å². The lowest BCUT2D eigenvalue weighted by Crippen LogP contribution is -2.35. The SMILES string of the molecule is CCc1nc(N(CCC(=O)N2CCCC2)CC(C)C)c2cc(Cl)cc(Cl)c2n1. The monoisotopic (exact) mass is 422 g/mol. The number of hydrogen-bond acceptors (Lipinski definition) is 4. The third kappa shape index (κ3) is 4.87. The number of carbonyl (C=O) groups excluding carboxylic acids is 1. The van der Waals surface area contributed by atoms with E-state index in [2.05, 4.69) is 23.7 Å². The third-order valence-electron chi connectivity index (χ3n) is 5.00. The van der Waals surface area contributed by atoms with Crippen LogP contribution in [-0.4, -0.2) is 47.0 Å². The zero-order chi connectivity index (χ0) is 20.3. The second kappa shape index (κ2) is 9.27. The summed E-state index contributed by atoms with van der Waals surface area (Å²) < 4.78 is 0. The van der Waals surface area contributed by atoms with E-state index in [-0.39, 0.29) is 5.91 Å². The van der Waals surface area contributed by atoms with Crippen LogP contribution in [0.1, 0.15) is 45.9 Å². The van der Waals surface area contributed by atoms with Crippen molar-refractivity contribution in [3.8, 4) is 0 Å². The molecule has 0 atom stereocenters. The van der Waals surface area contributed by atoms with Crippen molar-refractivity contribution >= 4 is 45.8 Å². The van der Waals surface area contributed by atoms with Gasteiger partial charge in [0.15, 0.2) is 0 Å². The van der Waals surface area contributed by atoms with Gasteiger partial charge in [0.2, 0.25) is 5.91 Å². The van der Waals surface area contributed by atoms with Crippen molar-refractivity contribution in [2.24, 2.45) is 5.92 Å². The predicted molar refractivity (Wildman–Crippen MR) is 116 cm³/mol. The highest BCUT2D eigenvalue weighted by molar-refractivity contribution is 6.38. The van der Waals surface area contributed by atoms with Crippen molar-refractivity contribution in [3.63, 3.8) is 0 Å². The quantitative estimate of drug-likeness (QED) is 0.631. The molecule has 152 valence electrons. The Kier molecular flexibility index (Phi) is 7.00. The molecule has 28 heavy (non-hydrogen) atoms. The number of amides is 1. The van der Waals surface area contributed by atoms with Crippen LogP contribution in [0.5, 0.6) is 0 Å². The lowest BCUT2D eigenvalue weighted by Gasteiger charge is -2.28. The maximum Gasteiger partial charge on any atom is 0.224 e. The molecule has 1 amide bonds. The van der Waals surface area contributed by atoms with Crippen LogP contribution >= 0.6 is 23.2 Å². The van der Waals surface area contributed by atoms with Crippen LogP contribution in [0, 0.1) is 5.92 Å². The van der Waals surface area contributed by atoms with Crippen LogP contribution in [0.3, 0.4) is 0 Å². The molecule has 0 spiro atoms. The molecule has 0 saturated carbocycles. The van der Waals surface area contributed by atoms with E-state index in [1.807, 2.05) is 17.9 Å². The number of likely N-dealkylation sites (tertiary alicyclic amines) is 1. The lowest BCUT2D eigenvalue weighted by atomic mass is 10.1. The Labute approximate surface area is 177 Å². The van der Waals surface area contributed by atoms with E-state index in [0.29, 0.717) is 40.9 Å². The van der Waals surface area contributed by atoms with Crippen molar-refractivity contribution in [3.05, 3.63) is 28.0 Å². The third-order valence-corrected chi connectivity index (χ3v) is 5.51. The smallest absolute Gasteiger partial charge is 0.224 e. The van der Waals surface area contributed by atoms with E-state index in [4.69, 9.17) is 28.2 Å². The topological polar surface area (TPSA) is 49.3 Å². The molecule has 0 unspecified atom stereocenters. The molecule has 1 saturated heterocycles. The Morgan fingerprint density at radius 1 is 1.21 bits per heavy atom. The summed E-state index contributed by atoms with van der Waals surface area (Å²) in [6, 6.07) is 3.58. The second-order valence-corrected chi connectivity index (χ2v) is 8.62. The highest BCUT2D eigenvalue weighted by Gasteiger charge is 2.22. The van der Waals surface area contributed by atoms with E-state index >= 15 is 0 Å². The zero-order valence-electron chi connectivity index (χ0n) is 16.8. The number of hydrogen-bond donors (Lipinski definition) is 0. The molecule has 7 heteroatoms. The summed E-state index contributed by atoms with van der Waals surface area (Å²) in [5, 5.41) is 1.92. The minimum Gasteiger partial charge on any atom is -0.355 e. The number of nitrogens with zero attached hydrogens (tertiary/aromatic N) is 4. The molecule has 1 aromatic heterocycles. The van der Waals surface area contributed by atoms with Gasteiger partial charge in [0, 0.05) is 49.4 Å². The molecule has 2 heterocycles. The van der Waals surface area contributed by atoms with Crippen molar-refractivity contribution < 1.29 is 4.79 Å². The number of anilines is 1. The van der Waals surface area contributed by atoms with Crippen LogP contribution in [0.2, 0.25) is 10.0 Å². The number of fused-ring (bicyclic) bond motifs is 1. The number of benzene rings is 1. The van der Waals surface area contributed by atoms with Gasteiger partial charge in [0.05, 0.1) is 10.5 Å². The first-order valence-electron chi connectivity index (χ1n) is 10.1. The van der Waals surface area contributed by atoms with Crippen molar-refractivity contribution in [2.75, 3.05) is 31.1 Å². The maximum atomic E-state index is 12.6. The fourth-order valence-electron chi connectivity index (χ4n) is 3.67. The lowest BCUT2D eigenvalue weighted by molar-refractivity contribution is -0.129. The summed E-state index contributed by atoms with van der Waals surface area (Å²) in [4.78, 5) is 26.2. The van der Waals surface area contributed by atoms with Gasteiger partial charge >= 0.3 is 0 Å². The van der Waals surface area contributed by atoms with Crippen molar-refractivity contribution in [1.82, 2.24) is 14.9 Å². The van der Waals surface area contributed by atoms with Gasteiger partial charge in [-0.15, -0.1) is 0 Å². The molecular weight excluding hydrogens is 395 g/mol. The molecule has 1 aromatic carbocycles. The highest BCUT2D eigenvalue weighted by atomic mass is 35.5. The summed E-state index contributed by atoms with van der Waals surface area (Å²) in [7, 11) is 0. The molecule has 2 aromatic rings. The highest BCUT2D eigenvalue weighted by Crippen LogP contribution is 2.33. The first-order valence-corrected chi connectivity index (χ1v) is 10.8. The zero-order valence-corrected chi connectivity index (χ0v) is 18.4. The Hall–Kier alpha value is -1.59. The summed E-state index contributed by atoms with van der Waals surface area (Å²) in [5.41, 5.74) is 0.715. The molecule has 3 rings (SSSR count). The van der Waals surface area contributed by atoms with Gasteiger partial charge < -0.3 is 9.80 Å². The van der Waals surface area contributed by atoms with Crippen molar-refractivity contribution in [1.29, 1.82) is 0 Å². The fraction of sp³-hybridized carbons (Fsp3) is 0.571. The molecule has 0 aliphatic carbocycles. The van der Waals surface area contributed by atoms with Crippen LogP contribution in [0.25, 0.3) is 10.9 Å². The van der Waals surface area contributed by atoms with Crippen LogP contribution in [0.15, 0.2) is 12.1 Å². The largest absolute Gasteiger partial charge is 0.355 e. The van der Waals surface area contributed by atoms with Crippen LogP contribution in [-0.2, 0) is 11.2 Å². The predicted octanol–water partition coefficient (Wildman–Crippen LogP) is 4.97. The fourth-order valence-corrected chi connectivity index (χ4v) is 4.20. The standard InChI is InChI=1S/C21H28Cl2N4O/c1-4-18-24-20-16(11-15(22)12-17(20)23)21(25-18)27(13-14(2)3)10-7-19(28)26-8-5-6-9-26/h11-12,14H,4-10,13H2,1-3H3. The van der Waals surface area contributed by atoms with Gasteiger partial charge in [-0.25, -0.2) is 9.97 Å². The van der Waals surface area contributed by atoms with E-state index < -0.39 is 0 Å². The van der Waals surface area contributed by atoms with E-state index in [0.717, 1.165) is 49.5 Å². The minimum atomic E-state index is 0.219. The molecular formula is C21H28Cl2N4O. The molecule has 0 radical (unpaired) electrons. The second-order valence-electron chi connectivity index (χ2n) is 7.78. The van der Waals surface area contributed by atoms with Gasteiger partial charge in [-0.1, -0.05) is 44.0 Å². The molecule has 0 N–H and O–H groups in total. The van der Waals surface area contributed by atoms with Gasteiger partial charge in [-0.05, 0) is 30.9 Å². The summed E-state index contributed by atoms with van der Waals surface area (Å²) in [5.74, 6) is 2.20. The van der Waals surface area contributed by atoms with E-state index in [9.17, 15) is 4.79 Å². The number of aromatic nitrogens is 2.